The van der Waals surface area contributed by atoms with Crippen LogP contribution in [0.25, 0.3) is 5.78 Å². The Labute approximate surface area is 103 Å². The van der Waals surface area contributed by atoms with E-state index in [1.54, 1.807) is 16.7 Å². The minimum Gasteiger partial charge on any atom is -0.364 e. The van der Waals surface area contributed by atoms with Gasteiger partial charge in [0, 0.05) is 31.1 Å². The number of fused-ring (bicyclic) bond motifs is 1. The van der Waals surface area contributed by atoms with E-state index >= 15 is 0 Å². The molecular weight excluding hydrogens is 257 g/mol. The quantitative estimate of drug-likeness (QED) is 0.619. The summed E-state index contributed by atoms with van der Waals surface area (Å²) in [4.78, 5) is 27.7. The van der Waals surface area contributed by atoms with Crippen molar-refractivity contribution in [1.29, 1.82) is 0 Å². The summed E-state index contributed by atoms with van der Waals surface area (Å²) in [6.45, 7) is 0.345. The lowest BCUT2D eigenvalue weighted by atomic mass is 10.3. The van der Waals surface area contributed by atoms with Gasteiger partial charge in [-0.05, 0) is 6.07 Å². The monoisotopic (exact) mass is 269 g/mol. The van der Waals surface area contributed by atoms with Crippen molar-refractivity contribution in [3.05, 3.63) is 29.8 Å². The van der Waals surface area contributed by atoms with E-state index in [1.807, 2.05) is 0 Å². The Morgan fingerprint density at radius 1 is 1.61 bits per heavy atom. The molecule has 0 bridgehead atoms. The molecular formula is C9H12N5O3P. The zero-order valence-electron chi connectivity index (χ0n) is 9.33. The van der Waals surface area contributed by atoms with Crippen molar-refractivity contribution in [3.8, 4) is 0 Å². The molecule has 1 atom stereocenters. The summed E-state index contributed by atoms with van der Waals surface area (Å²) in [6, 6.07) is 1.75. The number of carbonyl (C=O) groups excluding carboxylic acids is 1. The highest BCUT2D eigenvalue weighted by Crippen LogP contribution is 2.09. The SMILES string of the molecule is NC(=O)c1cn2c(CCN[PH](=O)O)ccnc2n1. The number of rotatable bonds is 5. The molecule has 2 rings (SSSR count). The van der Waals surface area contributed by atoms with Gasteiger partial charge < -0.3 is 10.6 Å². The summed E-state index contributed by atoms with van der Waals surface area (Å²) in [7, 11) is -2.68. The average molecular weight is 269 g/mol. The average Bonchev–Trinajstić information content (AvgIpc) is 2.73. The number of hydrogen-bond donors (Lipinski definition) is 3. The maximum absolute atomic E-state index is 11.0. The van der Waals surface area contributed by atoms with Crippen LogP contribution in [-0.2, 0) is 11.0 Å². The van der Waals surface area contributed by atoms with E-state index in [0.717, 1.165) is 5.69 Å². The van der Waals surface area contributed by atoms with E-state index in [9.17, 15) is 9.36 Å². The fourth-order valence-corrected chi connectivity index (χ4v) is 1.90. The second kappa shape index (κ2) is 5.26. The Bertz CT molecular complexity index is 611. The van der Waals surface area contributed by atoms with E-state index in [4.69, 9.17) is 10.6 Å². The summed E-state index contributed by atoms with van der Waals surface area (Å²) in [6.07, 6.45) is 3.57. The molecule has 9 heteroatoms. The normalized spacial score (nSPS) is 12.7. The van der Waals surface area contributed by atoms with Gasteiger partial charge in [-0.3, -0.25) is 13.8 Å². The van der Waals surface area contributed by atoms with Crippen LogP contribution in [0.2, 0.25) is 0 Å². The number of nitrogens with zero attached hydrogens (tertiary/aromatic N) is 3. The molecule has 0 aliphatic carbocycles. The number of nitrogens with one attached hydrogen (secondary N) is 1. The predicted molar refractivity (Wildman–Crippen MR) is 64.4 cm³/mol. The molecule has 2 aromatic rings. The lowest BCUT2D eigenvalue weighted by Gasteiger charge is -2.04. The summed E-state index contributed by atoms with van der Waals surface area (Å²) in [5.74, 6) is -0.247. The van der Waals surface area contributed by atoms with E-state index < -0.39 is 14.1 Å². The standard InChI is InChI=1S/C9H12N5O3P/c10-8(15)7-5-14-6(2-4-12-18(16)17)1-3-11-9(14)13-7/h1,3,5,18H,2,4H2,(H2,10,15)(H2,12,16,17). The van der Waals surface area contributed by atoms with Gasteiger partial charge in [-0.1, -0.05) is 0 Å². The Morgan fingerprint density at radius 3 is 3.06 bits per heavy atom. The highest BCUT2D eigenvalue weighted by Gasteiger charge is 2.09. The van der Waals surface area contributed by atoms with Crippen LogP contribution in [0.5, 0.6) is 0 Å². The fourth-order valence-electron chi connectivity index (χ4n) is 1.56. The molecule has 0 fully saturated rings. The first kappa shape index (κ1) is 12.7. The van der Waals surface area contributed by atoms with Gasteiger partial charge in [0.15, 0.2) is 0 Å². The number of amides is 1. The predicted octanol–water partition coefficient (Wildman–Crippen LogP) is -0.658. The summed E-state index contributed by atoms with van der Waals surface area (Å²) in [5.41, 5.74) is 6.10. The van der Waals surface area contributed by atoms with Crippen LogP contribution >= 0.6 is 8.18 Å². The first-order valence-electron chi connectivity index (χ1n) is 5.17. The minimum absolute atomic E-state index is 0.138. The van der Waals surface area contributed by atoms with Crippen molar-refractivity contribution < 1.29 is 14.3 Å². The lowest BCUT2D eigenvalue weighted by Crippen LogP contribution is -2.11. The molecule has 0 aliphatic rings. The third-order valence-corrected chi connectivity index (χ3v) is 2.92. The zero-order chi connectivity index (χ0) is 13.1. The molecule has 8 nitrogen and oxygen atoms in total. The topological polar surface area (TPSA) is 123 Å². The molecule has 0 spiro atoms. The van der Waals surface area contributed by atoms with Gasteiger partial charge in [-0.2, -0.15) is 0 Å². The summed E-state index contributed by atoms with van der Waals surface area (Å²) >= 11 is 0. The van der Waals surface area contributed by atoms with Crippen molar-refractivity contribution in [3.63, 3.8) is 0 Å². The Kier molecular flexibility index (Phi) is 3.71. The van der Waals surface area contributed by atoms with Crippen LogP contribution in [0.3, 0.4) is 0 Å². The van der Waals surface area contributed by atoms with Crippen molar-refractivity contribution >= 4 is 19.9 Å². The summed E-state index contributed by atoms with van der Waals surface area (Å²) < 4.78 is 12.2. The van der Waals surface area contributed by atoms with Gasteiger partial charge in [0.25, 0.3) is 14.1 Å². The van der Waals surface area contributed by atoms with Crippen LogP contribution in [0.1, 0.15) is 16.2 Å². The highest BCUT2D eigenvalue weighted by molar-refractivity contribution is 7.35. The van der Waals surface area contributed by atoms with Gasteiger partial charge in [0.05, 0.1) is 0 Å². The summed E-state index contributed by atoms with van der Waals surface area (Å²) in [5, 5.41) is 2.44. The number of carbonyl (C=O) groups is 1. The second-order valence-corrected chi connectivity index (χ2v) is 4.54. The second-order valence-electron chi connectivity index (χ2n) is 3.58. The van der Waals surface area contributed by atoms with E-state index in [2.05, 4.69) is 15.1 Å². The Morgan fingerprint density at radius 2 is 2.39 bits per heavy atom. The Balaban J connectivity index is 2.27. The van der Waals surface area contributed by atoms with Crippen molar-refractivity contribution in [2.24, 2.45) is 5.73 Å². The molecule has 0 aromatic carbocycles. The number of imidazole rings is 1. The molecule has 4 N–H and O–H groups in total. The Hall–Kier alpha value is -1.76. The smallest absolute Gasteiger partial charge is 0.268 e. The van der Waals surface area contributed by atoms with Crippen LogP contribution < -0.4 is 10.8 Å². The molecule has 0 saturated heterocycles. The van der Waals surface area contributed by atoms with Crippen LogP contribution in [0.4, 0.5) is 0 Å². The molecule has 0 aliphatic heterocycles. The molecule has 18 heavy (non-hydrogen) atoms. The first-order chi connectivity index (χ1) is 8.58. The van der Waals surface area contributed by atoms with Gasteiger partial charge in [0.2, 0.25) is 5.78 Å². The fraction of sp³-hybridized carbons (Fsp3) is 0.222. The highest BCUT2D eigenvalue weighted by atomic mass is 31.1. The van der Waals surface area contributed by atoms with Gasteiger partial charge in [-0.25, -0.2) is 15.1 Å². The largest absolute Gasteiger partial charge is 0.364 e. The van der Waals surface area contributed by atoms with Crippen molar-refractivity contribution in [2.75, 3.05) is 6.54 Å². The number of hydrogen-bond acceptors (Lipinski definition) is 4. The van der Waals surface area contributed by atoms with Crippen molar-refractivity contribution in [1.82, 2.24) is 19.5 Å². The maximum Gasteiger partial charge on any atom is 0.268 e. The minimum atomic E-state index is -2.68. The van der Waals surface area contributed by atoms with Crippen LogP contribution in [0, 0.1) is 0 Å². The number of aromatic nitrogens is 3. The maximum atomic E-state index is 11.0. The molecule has 2 aromatic heterocycles. The number of nitrogens with two attached hydrogens (primary N) is 1. The third-order valence-electron chi connectivity index (χ3n) is 2.36. The molecule has 0 saturated carbocycles. The molecule has 96 valence electrons. The molecule has 2 heterocycles. The van der Waals surface area contributed by atoms with Crippen molar-refractivity contribution in [2.45, 2.75) is 6.42 Å². The molecule has 0 radical (unpaired) electrons. The molecule has 1 unspecified atom stereocenters. The van der Waals surface area contributed by atoms with Gasteiger partial charge >= 0.3 is 0 Å². The third kappa shape index (κ3) is 2.73. The lowest BCUT2D eigenvalue weighted by molar-refractivity contribution is 0.0996. The van der Waals surface area contributed by atoms with E-state index in [0.29, 0.717) is 18.7 Å². The van der Waals surface area contributed by atoms with Crippen LogP contribution in [0.15, 0.2) is 18.5 Å². The zero-order valence-corrected chi connectivity index (χ0v) is 10.3. The van der Waals surface area contributed by atoms with Gasteiger partial charge in [0.1, 0.15) is 5.69 Å². The van der Waals surface area contributed by atoms with Gasteiger partial charge in [-0.15, -0.1) is 0 Å². The number of primary amides is 1. The van der Waals surface area contributed by atoms with Crippen LogP contribution in [-0.4, -0.2) is 31.7 Å². The molecule has 1 amide bonds. The van der Waals surface area contributed by atoms with E-state index in [1.165, 1.54) is 6.20 Å². The van der Waals surface area contributed by atoms with E-state index in [-0.39, 0.29) is 5.69 Å². The first-order valence-corrected chi connectivity index (χ1v) is 6.53.